The van der Waals surface area contributed by atoms with Crippen LogP contribution in [0.1, 0.15) is 69.2 Å². The predicted molar refractivity (Wildman–Crippen MR) is 158 cm³/mol. The summed E-state index contributed by atoms with van der Waals surface area (Å²) < 4.78 is 61.0. The van der Waals surface area contributed by atoms with E-state index in [0.29, 0.717) is 41.4 Å². The van der Waals surface area contributed by atoms with Gasteiger partial charge in [0.25, 0.3) is 5.91 Å². The molecule has 0 spiro atoms. The number of fused-ring (bicyclic) bond motifs is 9. The molecule has 6 heterocycles. The van der Waals surface area contributed by atoms with Gasteiger partial charge in [0, 0.05) is 30.4 Å². The zero-order chi connectivity index (χ0) is 31.0. The fourth-order valence-corrected chi connectivity index (χ4v) is 6.39. The number of aromatic nitrogens is 4. The van der Waals surface area contributed by atoms with Gasteiger partial charge in [-0.3, -0.25) is 9.52 Å². The fraction of sp³-hybridized carbons (Fsp3) is 0.533. The first-order valence-electron chi connectivity index (χ1n) is 14.8. The topological polar surface area (TPSA) is 104 Å². The van der Waals surface area contributed by atoms with Gasteiger partial charge in [0.15, 0.2) is 23.8 Å². The van der Waals surface area contributed by atoms with Gasteiger partial charge in [0.1, 0.15) is 5.82 Å². The van der Waals surface area contributed by atoms with Crippen molar-refractivity contribution in [2.45, 2.75) is 70.5 Å². The van der Waals surface area contributed by atoms with E-state index >= 15 is 0 Å². The van der Waals surface area contributed by atoms with Crippen molar-refractivity contribution in [1.29, 1.82) is 0 Å². The standard InChI is InChI=1S/C30H35F3N6O4S/c1-28(2)17-20-5-3-4-15-41-24-9-6-21(18-34-24)43-44-37-27(40)22-7-8-23(35-26(22)38(28)19-20)39-14-10-25(36-39)42-16-13-29(11-12-29)30(31,32)33/h6-10,14,18,20H,3-5,11-13,15-17,19H2,1-2H3,(H,37,40). The van der Waals surface area contributed by atoms with Crippen LogP contribution < -0.4 is 23.3 Å². The van der Waals surface area contributed by atoms with Crippen LogP contribution in [0.4, 0.5) is 19.0 Å². The average Bonchev–Trinajstić information content (AvgIpc) is 3.53. The second kappa shape index (κ2) is 12.0. The first-order valence-corrected chi connectivity index (χ1v) is 15.5. The Morgan fingerprint density at radius 3 is 2.75 bits per heavy atom. The van der Waals surface area contributed by atoms with Crippen molar-refractivity contribution < 1.29 is 31.6 Å². The third-order valence-electron chi connectivity index (χ3n) is 8.64. The molecule has 3 aromatic rings. The molecule has 1 saturated carbocycles. The molecule has 1 atom stereocenters. The molecule has 4 aliphatic rings. The maximum Gasteiger partial charge on any atom is 0.394 e. The minimum atomic E-state index is -4.22. The summed E-state index contributed by atoms with van der Waals surface area (Å²) in [5, 5.41) is 4.40. The lowest BCUT2D eigenvalue weighted by Crippen LogP contribution is -2.40. The Bertz CT molecular complexity index is 1480. The van der Waals surface area contributed by atoms with Gasteiger partial charge in [0.2, 0.25) is 11.8 Å². The Balaban J connectivity index is 1.23. The van der Waals surface area contributed by atoms with Crippen LogP contribution in [0.5, 0.6) is 17.5 Å². The number of rotatable bonds is 5. The maximum absolute atomic E-state index is 13.4. The van der Waals surface area contributed by atoms with Gasteiger partial charge < -0.3 is 18.6 Å². The summed E-state index contributed by atoms with van der Waals surface area (Å²) in [6.07, 6.45) is 2.97. The van der Waals surface area contributed by atoms with Crippen molar-refractivity contribution in [3.05, 3.63) is 48.3 Å². The van der Waals surface area contributed by atoms with Crippen LogP contribution in [0.25, 0.3) is 5.82 Å². The quantitative estimate of drug-likeness (QED) is 0.256. The number of amides is 1. The number of hydrogen-bond donors (Lipinski definition) is 1. The van der Waals surface area contributed by atoms with Gasteiger partial charge in [-0.25, -0.2) is 14.6 Å². The third kappa shape index (κ3) is 6.54. The molecule has 2 fully saturated rings. The highest BCUT2D eigenvalue weighted by molar-refractivity contribution is 7.93. The Kier molecular flexibility index (Phi) is 8.29. The maximum atomic E-state index is 13.4. The van der Waals surface area contributed by atoms with Crippen molar-refractivity contribution in [2.75, 3.05) is 24.7 Å². The molecule has 14 heteroatoms. The normalized spacial score (nSPS) is 21.3. The molecule has 0 radical (unpaired) electrons. The predicted octanol–water partition coefficient (Wildman–Crippen LogP) is 6.31. The molecule has 1 saturated heterocycles. The minimum Gasteiger partial charge on any atom is -0.478 e. The van der Waals surface area contributed by atoms with E-state index in [0.717, 1.165) is 44.5 Å². The van der Waals surface area contributed by atoms with Crippen molar-refractivity contribution in [3.8, 4) is 23.3 Å². The summed E-state index contributed by atoms with van der Waals surface area (Å²) in [5.74, 6) is 2.19. The first-order chi connectivity index (χ1) is 21.0. The van der Waals surface area contributed by atoms with E-state index in [4.69, 9.17) is 18.6 Å². The summed E-state index contributed by atoms with van der Waals surface area (Å²) in [7, 11) is 0. The number of anilines is 1. The van der Waals surface area contributed by atoms with Crippen molar-refractivity contribution in [3.63, 3.8) is 0 Å². The molecule has 1 amide bonds. The molecule has 4 bridgehead atoms. The molecule has 10 nitrogen and oxygen atoms in total. The number of hydrogen-bond acceptors (Lipinski definition) is 9. The van der Waals surface area contributed by atoms with Gasteiger partial charge in [0.05, 0.1) is 30.4 Å². The van der Waals surface area contributed by atoms with Crippen molar-refractivity contribution in [2.24, 2.45) is 11.3 Å². The fourth-order valence-electron chi connectivity index (χ4n) is 5.97. The van der Waals surface area contributed by atoms with E-state index in [1.807, 2.05) is 0 Å². The van der Waals surface area contributed by atoms with Crippen LogP contribution in [0.2, 0.25) is 0 Å². The zero-order valence-electron chi connectivity index (χ0n) is 24.6. The number of nitrogens with zero attached hydrogens (tertiary/aromatic N) is 5. The largest absolute Gasteiger partial charge is 0.478 e. The molecule has 1 unspecified atom stereocenters. The number of carbonyl (C=O) groups excluding carboxylic acids is 1. The second-order valence-corrected chi connectivity index (χ2v) is 12.8. The van der Waals surface area contributed by atoms with Crippen molar-refractivity contribution in [1.82, 2.24) is 24.5 Å². The highest BCUT2D eigenvalue weighted by atomic mass is 32.2. The molecule has 3 aliphatic heterocycles. The molecule has 236 valence electrons. The first kappa shape index (κ1) is 30.4. The summed E-state index contributed by atoms with van der Waals surface area (Å²) in [6.45, 7) is 5.51. The monoisotopic (exact) mass is 632 g/mol. The Morgan fingerprint density at radius 1 is 1.16 bits per heavy atom. The Labute approximate surface area is 258 Å². The lowest BCUT2D eigenvalue weighted by atomic mass is 9.93. The second-order valence-electron chi connectivity index (χ2n) is 12.3. The number of nitrogens with one attached hydrogen (secondary N) is 1. The van der Waals surface area contributed by atoms with Gasteiger partial charge in [-0.05, 0) is 82.9 Å². The lowest BCUT2D eigenvalue weighted by molar-refractivity contribution is -0.190. The number of alkyl halides is 3. The van der Waals surface area contributed by atoms with Gasteiger partial charge in [-0.15, -0.1) is 5.10 Å². The van der Waals surface area contributed by atoms with Crippen molar-refractivity contribution >= 4 is 24.0 Å². The zero-order valence-corrected chi connectivity index (χ0v) is 25.4. The van der Waals surface area contributed by atoms with Crippen LogP contribution >= 0.6 is 12.2 Å². The molecule has 1 N–H and O–H groups in total. The van der Waals surface area contributed by atoms with Gasteiger partial charge in [-0.2, -0.15) is 13.2 Å². The minimum absolute atomic E-state index is 0.0796. The van der Waals surface area contributed by atoms with Crippen LogP contribution in [0.3, 0.4) is 0 Å². The third-order valence-corrected chi connectivity index (χ3v) is 9.19. The van der Waals surface area contributed by atoms with Crippen LogP contribution in [0, 0.1) is 11.3 Å². The summed E-state index contributed by atoms with van der Waals surface area (Å²) in [4.78, 5) is 24.8. The molecule has 3 aromatic heterocycles. The number of pyridine rings is 2. The van der Waals surface area contributed by atoms with Crippen LogP contribution in [-0.4, -0.2) is 57.1 Å². The molecule has 44 heavy (non-hydrogen) atoms. The van der Waals surface area contributed by atoms with E-state index in [-0.39, 0.29) is 43.2 Å². The van der Waals surface area contributed by atoms with Gasteiger partial charge in [-0.1, -0.05) is 0 Å². The molecule has 7 rings (SSSR count). The summed E-state index contributed by atoms with van der Waals surface area (Å²) >= 11 is 0.784. The average molecular weight is 633 g/mol. The van der Waals surface area contributed by atoms with E-state index in [9.17, 15) is 18.0 Å². The van der Waals surface area contributed by atoms with Gasteiger partial charge >= 0.3 is 6.18 Å². The summed E-state index contributed by atoms with van der Waals surface area (Å²) in [6, 6.07) is 8.43. The Morgan fingerprint density at radius 2 is 2.00 bits per heavy atom. The van der Waals surface area contributed by atoms with E-state index in [1.165, 1.54) is 10.9 Å². The van der Waals surface area contributed by atoms with E-state index in [1.54, 1.807) is 36.5 Å². The van der Waals surface area contributed by atoms with E-state index in [2.05, 4.69) is 33.6 Å². The van der Waals surface area contributed by atoms with Crippen LogP contribution in [0.15, 0.2) is 42.7 Å². The Hall–Kier alpha value is -3.68. The SMILES string of the molecule is CC1(C)CC2CCCCOc3ccc(cn3)OSNC(=O)c3ccc(-n4ccc(OCCC5(C(F)(F)F)CC5)n4)nc3N1C2. The van der Waals surface area contributed by atoms with E-state index < -0.39 is 11.6 Å². The molecule has 0 aromatic carbocycles. The molecular formula is C30H35F3N6O4S. The number of ether oxygens (including phenoxy) is 2. The molecule has 1 aliphatic carbocycles. The highest BCUT2D eigenvalue weighted by Crippen LogP contribution is 2.59. The smallest absolute Gasteiger partial charge is 0.394 e. The van der Waals surface area contributed by atoms with Crippen LogP contribution in [-0.2, 0) is 0 Å². The lowest BCUT2D eigenvalue weighted by Gasteiger charge is -2.33. The number of halogens is 3. The number of carbonyl (C=O) groups is 1. The highest BCUT2D eigenvalue weighted by Gasteiger charge is 2.62. The molecular weight excluding hydrogens is 597 g/mol. The summed E-state index contributed by atoms with van der Waals surface area (Å²) in [5.41, 5.74) is -1.52.